The van der Waals surface area contributed by atoms with Crippen molar-refractivity contribution < 1.29 is 4.74 Å². The van der Waals surface area contributed by atoms with E-state index in [-0.39, 0.29) is 50.2 Å². The van der Waals surface area contributed by atoms with Crippen LogP contribution < -0.4 is 33.6 Å². The molecular weight excluding hydrogens is 402 g/mol. The van der Waals surface area contributed by atoms with Crippen molar-refractivity contribution >= 4 is 43.7 Å². The Morgan fingerprint density at radius 3 is 2.13 bits per heavy atom. The average molecular weight is 421 g/mol. The molecule has 1 heterocycles. The second-order valence-electron chi connectivity index (χ2n) is 7.14. The molecule has 0 aliphatic heterocycles. The highest BCUT2D eigenvalue weighted by atomic mass is 16.5. The highest BCUT2D eigenvalue weighted by Gasteiger charge is 2.26. The SMILES string of the molecule is COCCCCn1c(=O)c2c(N)c3c(=O)c4ccccc4c(=O)c3c(N=NN)c2c1=O. The number of hydrogen-bond donors (Lipinski definition) is 2. The van der Waals surface area contributed by atoms with Gasteiger partial charge in [0.1, 0.15) is 5.69 Å². The average Bonchev–Trinajstić information content (AvgIpc) is 3.02. The number of methoxy groups -OCH3 is 1. The molecule has 158 valence electrons. The number of anilines is 1. The summed E-state index contributed by atoms with van der Waals surface area (Å²) in [6, 6.07) is 6.24. The van der Waals surface area contributed by atoms with E-state index in [1.807, 2.05) is 0 Å². The normalized spacial score (nSPS) is 12.0. The highest BCUT2D eigenvalue weighted by molar-refractivity contribution is 6.20. The van der Waals surface area contributed by atoms with E-state index < -0.39 is 22.0 Å². The van der Waals surface area contributed by atoms with Crippen LogP contribution in [0.4, 0.5) is 11.4 Å². The third-order valence-corrected chi connectivity index (χ3v) is 5.44. The van der Waals surface area contributed by atoms with Gasteiger partial charge in [0.05, 0.1) is 27.2 Å². The number of benzene rings is 3. The van der Waals surface area contributed by atoms with Crippen LogP contribution in [0.1, 0.15) is 12.8 Å². The molecule has 4 rings (SSSR count). The first-order valence-corrected chi connectivity index (χ1v) is 9.57. The van der Waals surface area contributed by atoms with E-state index in [1.54, 1.807) is 19.2 Å². The molecule has 0 fully saturated rings. The van der Waals surface area contributed by atoms with Gasteiger partial charge in [-0.1, -0.05) is 29.5 Å². The van der Waals surface area contributed by atoms with Gasteiger partial charge in [-0.3, -0.25) is 23.7 Å². The molecule has 3 aromatic carbocycles. The maximum atomic E-state index is 13.2. The van der Waals surface area contributed by atoms with Crippen LogP contribution in [0.2, 0.25) is 0 Å². The third kappa shape index (κ3) is 2.91. The molecule has 0 radical (unpaired) electrons. The van der Waals surface area contributed by atoms with E-state index in [0.29, 0.717) is 19.4 Å². The van der Waals surface area contributed by atoms with Crippen molar-refractivity contribution in [3.8, 4) is 0 Å². The van der Waals surface area contributed by atoms with Crippen LogP contribution in [0.15, 0.2) is 53.8 Å². The van der Waals surface area contributed by atoms with Gasteiger partial charge in [-0.05, 0) is 12.8 Å². The van der Waals surface area contributed by atoms with Crippen molar-refractivity contribution in [2.75, 3.05) is 19.5 Å². The zero-order chi connectivity index (χ0) is 22.3. The molecule has 0 bridgehead atoms. The van der Waals surface area contributed by atoms with E-state index in [0.717, 1.165) is 4.57 Å². The molecule has 0 aliphatic carbocycles. The summed E-state index contributed by atoms with van der Waals surface area (Å²) in [4.78, 5) is 52.6. The summed E-state index contributed by atoms with van der Waals surface area (Å²) in [5.74, 6) is 5.24. The molecule has 31 heavy (non-hydrogen) atoms. The smallest absolute Gasteiger partial charge is 0.263 e. The number of aromatic nitrogens is 1. The molecule has 0 spiro atoms. The van der Waals surface area contributed by atoms with Gasteiger partial charge < -0.3 is 16.3 Å². The van der Waals surface area contributed by atoms with Crippen LogP contribution in [0.5, 0.6) is 0 Å². The largest absolute Gasteiger partial charge is 0.397 e. The van der Waals surface area contributed by atoms with E-state index in [9.17, 15) is 19.2 Å². The van der Waals surface area contributed by atoms with Crippen LogP contribution in [-0.2, 0) is 11.3 Å². The van der Waals surface area contributed by atoms with Gasteiger partial charge >= 0.3 is 0 Å². The van der Waals surface area contributed by atoms with Crippen molar-refractivity contribution in [3.05, 3.63) is 65.4 Å². The summed E-state index contributed by atoms with van der Waals surface area (Å²) in [5, 5.41) is 6.67. The second-order valence-corrected chi connectivity index (χ2v) is 7.14. The summed E-state index contributed by atoms with van der Waals surface area (Å²) < 4.78 is 6.02. The number of nitrogen functional groups attached to an aromatic ring is 1. The summed E-state index contributed by atoms with van der Waals surface area (Å²) in [5.41, 5.74) is 3.42. The summed E-state index contributed by atoms with van der Waals surface area (Å²) in [6.45, 7) is 0.606. The minimum absolute atomic E-state index is 0.126. The van der Waals surface area contributed by atoms with E-state index >= 15 is 0 Å². The molecule has 0 saturated carbocycles. The standard InChI is InChI=1S/C21H19N5O5/c1-31-9-5-4-8-26-20(29)13-15(21(26)30)17(24-25-23)14-12(16(13)22)18(27)10-6-2-3-7-11(10)19(14)28/h2-3,6-7H,4-5,8-9,22H2,1H3,(H2,23,24). The lowest BCUT2D eigenvalue weighted by molar-refractivity contribution is 0.191. The van der Waals surface area contributed by atoms with Crippen molar-refractivity contribution in [2.24, 2.45) is 16.2 Å². The highest BCUT2D eigenvalue weighted by Crippen LogP contribution is 2.35. The number of unbranched alkanes of at least 4 members (excludes halogenated alkanes) is 1. The van der Waals surface area contributed by atoms with Gasteiger partial charge in [0.2, 0.25) is 0 Å². The number of fused-ring (bicyclic) bond motifs is 3. The number of ether oxygens (including phenoxy) is 1. The first-order valence-electron chi connectivity index (χ1n) is 9.57. The minimum Gasteiger partial charge on any atom is -0.397 e. The van der Waals surface area contributed by atoms with E-state index in [2.05, 4.69) is 10.3 Å². The fraction of sp³-hybridized carbons (Fsp3) is 0.238. The lowest BCUT2D eigenvalue weighted by Gasteiger charge is -2.07. The molecule has 10 nitrogen and oxygen atoms in total. The molecule has 0 saturated heterocycles. The number of nitrogens with zero attached hydrogens (tertiary/aromatic N) is 3. The number of rotatable bonds is 6. The molecule has 10 heteroatoms. The molecule has 0 unspecified atom stereocenters. The van der Waals surface area contributed by atoms with Crippen molar-refractivity contribution in [1.82, 2.24) is 4.57 Å². The molecule has 0 aliphatic rings. The fourth-order valence-corrected chi connectivity index (χ4v) is 4.03. The van der Waals surface area contributed by atoms with Gasteiger partial charge in [0, 0.05) is 31.0 Å². The molecule has 0 amide bonds. The monoisotopic (exact) mass is 421 g/mol. The van der Waals surface area contributed by atoms with Crippen LogP contribution in [0, 0.1) is 0 Å². The van der Waals surface area contributed by atoms with Crippen molar-refractivity contribution in [1.29, 1.82) is 0 Å². The zero-order valence-corrected chi connectivity index (χ0v) is 16.7. The zero-order valence-electron chi connectivity index (χ0n) is 16.7. The van der Waals surface area contributed by atoms with Crippen molar-refractivity contribution in [3.63, 3.8) is 0 Å². The van der Waals surface area contributed by atoms with E-state index in [4.69, 9.17) is 16.3 Å². The Labute approximate surface area is 174 Å². The summed E-state index contributed by atoms with van der Waals surface area (Å²) in [6.07, 6.45) is 1.15. The second kappa shape index (κ2) is 7.73. The fourth-order valence-electron chi connectivity index (χ4n) is 4.03. The minimum atomic E-state index is -0.659. The van der Waals surface area contributed by atoms with Crippen LogP contribution in [0.25, 0.3) is 32.3 Å². The Balaban J connectivity index is 2.21. The Kier molecular flexibility index (Phi) is 5.07. The predicted molar refractivity (Wildman–Crippen MR) is 119 cm³/mol. The van der Waals surface area contributed by atoms with Crippen LogP contribution in [-0.4, -0.2) is 18.3 Å². The van der Waals surface area contributed by atoms with Crippen LogP contribution in [0.3, 0.4) is 0 Å². The Hall–Kier alpha value is -3.92. The molecule has 0 atom stereocenters. The van der Waals surface area contributed by atoms with Gasteiger partial charge in [0.25, 0.3) is 11.1 Å². The maximum Gasteiger partial charge on any atom is 0.263 e. The topological polar surface area (TPSA) is 159 Å². The van der Waals surface area contributed by atoms with Crippen LogP contribution >= 0.6 is 0 Å². The number of nitrogens with two attached hydrogens (primary N) is 2. The predicted octanol–water partition coefficient (Wildman–Crippen LogP) is 1.23. The van der Waals surface area contributed by atoms with Crippen molar-refractivity contribution in [2.45, 2.75) is 19.4 Å². The molecule has 4 aromatic rings. The molecule has 4 N–H and O–H groups in total. The van der Waals surface area contributed by atoms with Gasteiger partial charge in [-0.15, -0.1) is 5.11 Å². The third-order valence-electron chi connectivity index (χ3n) is 5.44. The van der Waals surface area contributed by atoms with E-state index in [1.165, 1.54) is 12.1 Å². The molecule has 1 aromatic heterocycles. The van der Waals surface area contributed by atoms with Gasteiger partial charge in [0.15, 0.2) is 10.9 Å². The first-order chi connectivity index (χ1) is 14.9. The Morgan fingerprint density at radius 1 is 0.903 bits per heavy atom. The van der Waals surface area contributed by atoms with Gasteiger partial charge in [-0.25, -0.2) is 0 Å². The lowest BCUT2D eigenvalue weighted by atomic mass is 9.96. The maximum absolute atomic E-state index is 13.2. The lowest BCUT2D eigenvalue weighted by Crippen LogP contribution is -2.25. The first kappa shape index (κ1) is 20.4. The molecular formula is C21H19N5O5. The number of hydrogen-bond acceptors (Lipinski definition) is 8. The Morgan fingerprint density at radius 2 is 1.52 bits per heavy atom. The summed E-state index contributed by atoms with van der Waals surface area (Å²) >= 11 is 0. The quantitative estimate of drug-likeness (QED) is 0.118. The Bertz CT molecular complexity index is 1580. The van der Waals surface area contributed by atoms with Gasteiger partial charge in [-0.2, -0.15) is 0 Å². The summed E-state index contributed by atoms with van der Waals surface area (Å²) in [7, 11) is 1.56.